The molecule has 20 heavy (non-hydrogen) atoms. The zero-order valence-electron chi connectivity index (χ0n) is 10.1. The minimum atomic E-state index is -0.435. The number of rotatable bonds is 4. The first-order valence-corrected chi connectivity index (χ1v) is 7.28. The zero-order valence-corrected chi connectivity index (χ0v) is 13.1. The van der Waals surface area contributed by atoms with Crippen molar-refractivity contribution in [2.45, 2.75) is 12.5 Å². The molecule has 1 nitrogen and oxygen atoms in total. The quantitative estimate of drug-likeness (QED) is 0.603. The molecule has 2 aromatic carbocycles. The summed E-state index contributed by atoms with van der Waals surface area (Å²) in [6.07, 6.45) is 0. The molecule has 0 aromatic heterocycles. The third-order valence-corrected chi connectivity index (χ3v) is 3.64. The number of alkyl halides is 1. The normalized spacial score (nSPS) is 10.7. The Morgan fingerprint density at radius 1 is 0.950 bits per heavy atom. The molecule has 0 aliphatic carbocycles. The molecule has 0 unspecified atom stereocenters. The first-order valence-electron chi connectivity index (χ1n) is 5.62. The Balaban J connectivity index is 2.22. The molecule has 0 saturated carbocycles. The zero-order chi connectivity index (χ0) is 14.7. The molecule has 0 atom stereocenters. The van der Waals surface area contributed by atoms with Crippen LogP contribution in [0.25, 0.3) is 0 Å². The fourth-order valence-corrected chi connectivity index (χ4v) is 2.61. The van der Waals surface area contributed by atoms with Gasteiger partial charge in [-0.3, -0.25) is 0 Å². The van der Waals surface area contributed by atoms with Crippen LogP contribution in [0, 0.1) is 5.82 Å². The predicted octanol–water partition coefficient (Wildman–Crippen LogP) is 6.10. The second kappa shape index (κ2) is 6.86. The maximum atomic E-state index is 13.7. The van der Waals surface area contributed by atoms with Gasteiger partial charge in [-0.05, 0) is 24.3 Å². The molecule has 0 spiro atoms. The van der Waals surface area contributed by atoms with Crippen molar-refractivity contribution >= 4 is 46.4 Å². The summed E-state index contributed by atoms with van der Waals surface area (Å²) in [6, 6.07) is 7.59. The highest BCUT2D eigenvalue weighted by molar-refractivity contribution is 6.36. The number of hydrogen-bond donors (Lipinski definition) is 0. The van der Waals surface area contributed by atoms with E-state index in [4.69, 9.17) is 51.1 Å². The lowest BCUT2D eigenvalue weighted by atomic mass is 10.2. The van der Waals surface area contributed by atoms with Crippen LogP contribution in [0.3, 0.4) is 0 Å². The van der Waals surface area contributed by atoms with E-state index in [1.54, 1.807) is 24.3 Å². The Bertz CT molecular complexity index is 631. The van der Waals surface area contributed by atoms with E-state index in [2.05, 4.69) is 0 Å². The van der Waals surface area contributed by atoms with Crippen LogP contribution >= 0.6 is 46.4 Å². The van der Waals surface area contributed by atoms with Crippen LogP contribution in [0.2, 0.25) is 15.1 Å². The number of benzene rings is 2. The van der Waals surface area contributed by atoms with Gasteiger partial charge in [0, 0.05) is 21.2 Å². The van der Waals surface area contributed by atoms with Crippen LogP contribution in [0.4, 0.5) is 4.39 Å². The minimum absolute atomic E-state index is 0.0221. The lowest BCUT2D eigenvalue weighted by Crippen LogP contribution is -2.01. The van der Waals surface area contributed by atoms with Crippen LogP contribution in [0.15, 0.2) is 30.3 Å². The summed E-state index contributed by atoms with van der Waals surface area (Å²) in [5.41, 5.74) is 1.03. The summed E-state index contributed by atoms with van der Waals surface area (Å²) in [5, 5.41) is 1.13. The van der Waals surface area contributed by atoms with Gasteiger partial charge in [0.2, 0.25) is 0 Å². The van der Waals surface area contributed by atoms with E-state index in [0.29, 0.717) is 31.9 Å². The average molecular weight is 354 g/mol. The fourth-order valence-electron chi connectivity index (χ4n) is 1.66. The van der Waals surface area contributed by atoms with Crippen molar-refractivity contribution in [3.8, 4) is 5.75 Å². The Morgan fingerprint density at radius 3 is 2.35 bits per heavy atom. The molecular formula is C14H9Cl4FO. The SMILES string of the molecule is Fc1cc(Cl)ccc1COc1c(Cl)cc(Cl)cc1CCl. The van der Waals surface area contributed by atoms with Gasteiger partial charge in [-0.25, -0.2) is 4.39 Å². The summed E-state index contributed by atoms with van der Waals surface area (Å²) < 4.78 is 19.2. The lowest BCUT2D eigenvalue weighted by molar-refractivity contribution is 0.298. The van der Waals surface area contributed by atoms with Crippen LogP contribution in [0.5, 0.6) is 5.75 Å². The predicted molar refractivity (Wildman–Crippen MR) is 81.8 cm³/mol. The van der Waals surface area contributed by atoms with Crippen molar-refractivity contribution in [2.75, 3.05) is 0 Å². The second-order valence-electron chi connectivity index (χ2n) is 4.03. The molecule has 0 radical (unpaired) electrons. The Hall–Kier alpha value is -0.670. The van der Waals surface area contributed by atoms with E-state index in [1.807, 2.05) is 0 Å². The highest BCUT2D eigenvalue weighted by atomic mass is 35.5. The summed E-state index contributed by atoms with van der Waals surface area (Å²) in [4.78, 5) is 0. The molecule has 0 saturated heterocycles. The Morgan fingerprint density at radius 2 is 1.70 bits per heavy atom. The molecule has 2 aromatic rings. The monoisotopic (exact) mass is 352 g/mol. The van der Waals surface area contributed by atoms with E-state index < -0.39 is 5.82 Å². The molecule has 0 bridgehead atoms. The van der Waals surface area contributed by atoms with E-state index in [9.17, 15) is 4.39 Å². The van der Waals surface area contributed by atoms with Crippen molar-refractivity contribution in [3.63, 3.8) is 0 Å². The maximum absolute atomic E-state index is 13.7. The summed E-state index contributed by atoms with van der Waals surface area (Å²) in [7, 11) is 0. The van der Waals surface area contributed by atoms with Crippen molar-refractivity contribution in [1.82, 2.24) is 0 Å². The molecule has 106 valence electrons. The Kier molecular flexibility index (Phi) is 5.39. The summed E-state index contributed by atoms with van der Waals surface area (Å²) in [6.45, 7) is 0.0221. The largest absolute Gasteiger partial charge is 0.487 e. The fraction of sp³-hybridized carbons (Fsp3) is 0.143. The number of halogens is 5. The minimum Gasteiger partial charge on any atom is -0.487 e. The van der Waals surface area contributed by atoms with Crippen molar-refractivity contribution < 1.29 is 9.13 Å². The molecule has 0 aliphatic rings. The van der Waals surface area contributed by atoms with E-state index >= 15 is 0 Å². The molecule has 0 heterocycles. The highest BCUT2D eigenvalue weighted by Gasteiger charge is 2.12. The summed E-state index contributed by atoms with van der Waals surface area (Å²) in [5.74, 6) is 0.161. The maximum Gasteiger partial charge on any atom is 0.142 e. The molecule has 0 fully saturated rings. The molecule has 0 aliphatic heterocycles. The third kappa shape index (κ3) is 3.70. The standard InChI is InChI=1S/C14H9Cl4FO/c15-6-9-3-11(17)4-12(18)14(9)20-7-8-1-2-10(16)5-13(8)19/h1-5H,6-7H2. The molecule has 0 amide bonds. The number of hydrogen-bond acceptors (Lipinski definition) is 1. The Labute approximate surface area is 136 Å². The van der Waals surface area contributed by atoms with Crippen LogP contribution in [0.1, 0.15) is 11.1 Å². The van der Waals surface area contributed by atoms with Crippen molar-refractivity contribution in [3.05, 3.63) is 62.3 Å². The van der Waals surface area contributed by atoms with Crippen molar-refractivity contribution in [2.24, 2.45) is 0 Å². The van der Waals surface area contributed by atoms with Crippen LogP contribution in [-0.4, -0.2) is 0 Å². The topological polar surface area (TPSA) is 9.23 Å². The molecule has 2 rings (SSSR count). The smallest absolute Gasteiger partial charge is 0.142 e. The van der Waals surface area contributed by atoms with Gasteiger partial charge in [0.15, 0.2) is 0 Å². The van der Waals surface area contributed by atoms with Gasteiger partial charge in [0.05, 0.1) is 10.9 Å². The molecular weight excluding hydrogens is 345 g/mol. The van der Waals surface area contributed by atoms with E-state index in [0.717, 1.165) is 0 Å². The van der Waals surface area contributed by atoms with Gasteiger partial charge in [0.1, 0.15) is 18.2 Å². The molecule has 0 N–H and O–H groups in total. The van der Waals surface area contributed by atoms with E-state index in [1.165, 1.54) is 6.07 Å². The number of ether oxygens (including phenoxy) is 1. The molecule has 6 heteroatoms. The van der Waals surface area contributed by atoms with Crippen LogP contribution in [-0.2, 0) is 12.5 Å². The highest BCUT2D eigenvalue weighted by Crippen LogP contribution is 2.34. The first kappa shape index (κ1) is 15.7. The van der Waals surface area contributed by atoms with Crippen LogP contribution < -0.4 is 4.74 Å². The second-order valence-corrected chi connectivity index (χ2v) is 5.58. The van der Waals surface area contributed by atoms with Gasteiger partial charge >= 0.3 is 0 Å². The first-order chi connectivity index (χ1) is 9.51. The van der Waals surface area contributed by atoms with Crippen molar-refractivity contribution in [1.29, 1.82) is 0 Å². The van der Waals surface area contributed by atoms with Gasteiger partial charge in [-0.1, -0.05) is 40.9 Å². The summed E-state index contributed by atoms with van der Waals surface area (Å²) >= 11 is 23.5. The van der Waals surface area contributed by atoms with Gasteiger partial charge in [-0.2, -0.15) is 0 Å². The van der Waals surface area contributed by atoms with Gasteiger partial charge < -0.3 is 4.74 Å². The van der Waals surface area contributed by atoms with Gasteiger partial charge in [-0.15, -0.1) is 11.6 Å². The average Bonchev–Trinajstić information content (AvgIpc) is 2.38. The lowest BCUT2D eigenvalue weighted by Gasteiger charge is -2.13. The van der Waals surface area contributed by atoms with Gasteiger partial charge in [0.25, 0.3) is 0 Å². The third-order valence-electron chi connectivity index (χ3n) is 2.62. The van der Waals surface area contributed by atoms with E-state index in [-0.39, 0.29) is 12.5 Å².